The molecule has 1 nitrogen and oxygen atoms in total. The van der Waals surface area contributed by atoms with Crippen LogP contribution in [-0.4, -0.2) is 0 Å². The van der Waals surface area contributed by atoms with E-state index in [1.54, 1.807) is 6.07 Å². The lowest BCUT2D eigenvalue weighted by Gasteiger charge is -1.96. The number of nitrogens with zero attached hydrogens (tertiary/aromatic N) is 1. The molecule has 0 amide bonds. The van der Waals surface area contributed by atoms with Crippen molar-refractivity contribution >= 4 is 0 Å². The van der Waals surface area contributed by atoms with Gasteiger partial charge in [-0.25, -0.2) is 8.78 Å². The van der Waals surface area contributed by atoms with Gasteiger partial charge in [0.25, 0.3) is 6.43 Å². The summed E-state index contributed by atoms with van der Waals surface area (Å²) >= 11 is 0. The number of alkyl halides is 2. The zero-order valence-electron chi connectivity index (χ0n) is 5.51. The fraction of sp³-hybridized carbons (Fsp3) is 0.125. The van der Waals surface area contributed by atoms with Gasteiger partial charge in [-0.05, 0) is 12.1 Å². The molecule has 1 aromatic rings. The number of benzene rings is 1. The molecule has 0 fully saturated rings. The molecule has 3 heteroatoms. The van der Waals surface area contributed by atoms with Gasteiger partial charge < -0.3 is 0 Å². The van der Waals surface area contributed by atoms with Gasteiger partial charge in [0, 0.05) is 11.6 Å². The highest BCUT2D eigenvalue weighted by Gasteiger charge is 2.05. The van der Waals surface area contributed by atoms with Crippen molar-refractivity contribution < 1.29 is 8.78 Å². The fourth-order valence-electron chi connectivity index (χ4n) is 0.642. The zero-order chi connectivity index (χ0) is 8.27. The lowest BCUT2D eigenvalue weighted by atomic mass is 10.1. The molecule has 0 unspecified atom stereocenters. The van der Waals surface area contributed by atoms with Crippen LogP contribution in [0.2, 0.25) is 0 Å². The van der Waals surface area contributed by atoms with E-state index in [4.69, 9.17) is 5.26 Å². The zero-order valence-corrected chi connectivity index (χ0v) is 5.51. The van der Waals surface area contributed by atoms with Gasteiger partial charge in [0.05, 0.1) is 11.6 Å². The van der Waals surface area contributed by atoms with Crippen molar-refractivity contribution in [2.45, 2.75) is 6.43 Å². The average Bonchev–Trinajstić information content (AvgIpc) is 2.05. The molecule has 0 spiro atoms. The molecule has 1 aromatic carbocycles. The first-order chi connectivity index (χ1) is 5.24. The third-order valence-electron chi connectivity index (χ3n) is 1.21. The quantitative estimate of drug-likeness (QED) is 0.605. The lowest BCUT2D eigenvalue weighted by Crippen LogP contribution is -1.83. The molecule has 0 saturated carbocycles. The maximum atomic E-state index is 11.9. The molecule has 0 atom stereocenters. The van der Waals surface area contributed by atoms with Crippen molar-refractivity contribution in [2.24, 2.45) is 0 Å². The first-order valence-corrected chi connectivity index (χ1v) is 2.94. The fourth-order valence-corrected chi connectivity index (χ4v) is 0.642. The van der Waals surface area contributed by atoms with Crippen molar-refractivity contribution in [1.82, 2.24) is 0 Å². The summed E-state index contributed by atoms with van der Waals surface area (Å²) in [6.45, 7) is 0. The third kappa shape index (κ3) is 1.74. The van der Waals surface area contributed by atoms with Crippen LogP contribution in [0.1, 0.15) is 17.6 Å². The molecule has 0 saturated heterocycles. The van der Waals surface area contributed by atoms with Gasteiger partial charge in [0.15, 0.2) is 0 Å². The van der Waals surface area contributed by atoms with Crippen LogP contribution >= 0.6 is 0 Å². The maximum Gasteiger partial charge on any atom is 0.263 e. The van der Waals surface area contributed by atoms with Crippen molar-refractivity contribution in [3.63, 3.8) is 0 Å². The van der Waals surface area contributed by atoms with E-state index in [0.29, 0.717) is 0 Å². The number of rotatable bonds is 1. The average molecular weight is 152 g/mol. The van der Waals surface area contributed by atoms with Gasteiger partial charge in [-0.3, -0.25) is 0 Å². The van der Waals surface area contributed by atoms with Crippen LogP contribution in [0.15, 0.2) is 18.2 Å². The Morgan fingerprint density at radius 3 is 2.55 bits per heavy atom. The van der Waals surface area contributed by atoms with Crippen LogP contribution in [0.5, 0.6) is 0 Å². The molecule has 55 valence electrons. The molecule has 11 heavy (non-hydrogen) atoms. The Kier molecular flexibility index (Phi) is 2.17. The molecule has 0 aromatic heterocycles. The molecule has 1 radical (unpaired) electrons. The van der Waals surface area contributed by atoms with Crippen LogP contribution < -0.4 is 0 Å². The van der Waals surface area contributed by atoms with Crippen molar-refractivity contribution in [3.8, 4) is 6.07 Å². The summed E-state index contributed by atoms with van der Waals surface area (Å²) < 4.78 is 23.8. The van der Waals surface area contributed by atoms with Crippen LogP contribution in [0.25, 0.3) is 0 Å². The standard InChI is InChI=1S/C8H4F2N/c9-8(10)7-3-1-6(5-11)2-4-7/h1,3-4,8H. The summed E-state index contributed by atoms with van der Waals surface area (Å²) in [5.74, 6) is 0. The highest BCUT2D eigenvalue weighted by Crippen LogP contribution is 2.17. The Morgan fingerprint density at radius 2 is 2.18 bits per heavy atom. The van der Waals surface area contributed by atoms with E-state index in [2.05, 4.69) is 6.07 Å². The van der Waals surface area contributed by atoms with Gasteiger partial charge in [0.2, 0.25) is 0 Å². The summed E-state index contributed by atoms with van der Waals surface area (Å²) in [5.41, 5.74) is 0.165. The van der Waals surface area contributed by atoms with Crippen LogP contribution in [0, 0.1) is 17.4 Å². The molecular formula is C8H4F2N. The summed E-state index contributed by atoms with van der Waals surface area (Å²) in [6, 6.07) is 7.89. The number of halogens is 2. The monoisotopic (exact) mass is 152 g/mol. The predicted molar refractivity (Wildman–Crippen MR) is 35.0 cm³/mol. The Balaban J connectivity index is 2.94. The summed E-state index contributed by atoms with van der Waals surface area (Å²) in [4.78, 5) is 0. The Labute approximate surface area is 62.9 Å². The third-order valence-corrected chi connectivity index (χ3v) is 1.21. The molecule has 0 aliphatic rings. The first kappa shape index (κ1) is 7.67. The van der Waals surface area contributed by atoms with E-state index in [1.807, 2.05) is 0 Å². The summed E-state index contributed by atoms with van der Waals surface area (Å²) in [6.07, 6.45) is -2.49. The second-order valence-corrected chi connectivity index (χ2v) is 1.95. The molecule has 1 rings (SSSR count). The van der Waals surface area contributed by atoms with Gasteiger partial charge in [-0.15, -0.1) is 0 Å². The van der Waals surface area contributed by atoms with Gasteiger partial charge in [-0.1, -0.05) is 6.07 Å². The lowest BCUT2D eigenvalue weighted by molar-refractivity contribution is 0.151. The molecular weight excluding hydrogens is 148 g/mol. The summed E-state index contributed by atoms with van der Waals surface area (Å²) in [5, 5.41) is 8.30. The highest BCUT2D eigenvalue weighted by atomic mass is 19.3. The largest absolute Gasteiger partial charge is 0.263 e. The van der Waals surface area contributed by atoms with Crippen molar-refractivity contribution in [3.05, 3.63) is 35.4 Å². The molecule has 0 N–H and O–H groups in total. The second-order valence-electron chi connectivity index (χ2n) is 1.95. The maximum absolute atomic E-state index is 11.9. The van der Waals surface area contributed by atoms with E-state index >= 15 is 0 Å². The van der Waals surface area contributed by atoms with Crippen LogP contribution in [-0.2, 0) is 0 Å². The van der Waals surface area contributed by atoms with Crippen molar-refractivity contribution in [1.29, 1.82) is 5.26 Å². The van der Waals surface area contributed by atoms with Gasteiger partial charge >= 0.3 is 0 Å². The molecule has 0 bridgehead atoms. The number of hydrogen-bond donors (Lipinski definition) is 0. The predicted octanol–water partition coefficient (Wildman–Crippen LogP) is 2.30. The van der Waals surface area contributed by atoms with Crippen molar-refractivity contribution in [2.75, 3.05) is 0 Å². The minimum absolute atomic E-state index is 0.107. The summed E-state index contributed by atoms with van der Waals surface area (Å²) in [7, 11) is 0. The minimum Gasteiger partial charge on any atom is -0.205 e. The smallest absolute Gasteiger partial charge is 0.205 e. The van der Waals surface area contributed by atoms with E-state index < -0.39 is 6.43 Å². The number of nitriles is 1. The van der Waals surface area contributed by atoms with E-state index in [1.165, 1.54) is 12.1 Å². The van der Waals surface area contributed by atoms with E-state index in [9.17, 15) is 8.78 Å². The first-order valence-electron chi connectivity index (χ1n) is 2.94. The van der Waals surface area contributed by atoms with Crippen LogP contribution in [0.4, 0.5) is 8.78 Å². The second kappa shape index (κ2) is 3.11. The highest BCUT2D eigenvalue weighted by molar-refractivity contribution is 5.30. The van der Waals surface area contributed by atoms with E-state index in [-0.39, 0.29) is 11.1 Å². The molecule has 0 aliphatic carbocycles. The molecule has 0 heterocycles. The normalized spacial score (nSPS) is 9.64. The molecule has 0 aliphatic heterocycles. The van der Waals surface area contributed by atoms with Crippen LogP contribution in [0.3, 0.4) is 0 Å². The van der Waals surface area contributed by atoms with Gasteiger partial charge in [-0.2, -0.15) is 5.26 Å². The van der Waals surface area contributed by atoms with E-state index in [0.717, 1.165) is 6.07 Å². The Morgan fingerprint density at radius 1 is 1.45 bits per heavy atom. The minimum atomic E-state index is -2.49. The Hall–Kier alpha value is -1.43. The Bertz CT molecular complexity index is 271. The van der Waals surface area contributed by atoms with Gasteiger partial charge in [0.1, 0.15) is 0 Å². The number of hydrogen-bond acceptors (Lipinski definition) is 1. The SMILES string of the molecule is N#Cc1[c]cc(C(F)F)cc1. The topological polar surface area (TPSA) is 23.8 Å².